The van der Waals surface area contributed by atoms with Gasteiger partial charge in [-0.1, -0.05) is 0 Å². The maximum absolute atomic E-state index is 11.6. The highest BCUT2D eigenvalue weighted by Crippen LogP contribution is 2.10. The van der Waals surface area contributed by atoms with E-state index in [4.69, 9.17) is 16.1 Å². The molecule has 0 aliphatic carbocycles. The summed E-state index contributed by atoms with van der Waals surface area (Å²) in [7, 11) is 0. The minimum atomic E-state index is -1.04. The van der Waals surface area contributed by atoms with Crippen LogP contribution in [-0.4, -0.2) is 34.5 Å². The number of nitrogens with zero attached hydrogens (tertiary/aromatic N) is 1. The lowest BCUT2D eigenvalue weighted by atomic mass is 10.2. The molecular weight excluding hydrogens is 278 g/mol. The Balaban J connectivity index is 2.26. The number of carbonyl (C=O) groups is 2. The molecule has 6 nitrogen and oxygen atoms in total. The van der Waals surface area contributed by atoms with Gasteiger partial charge >= 0.3 is 5.97 Å². The van der Waals surface area contributed by atoms with Gasteiger partial charge in [0, 0.05) is 23.6 Å². The van der Waals surface area contributed by atoms with Gasteiger partial charge in [0.25, 0.3) is 0 Å². The zero-order valence-corrected chi connectivity index (χ0v) is 11.5. The topological polar surface area (TPSA) is 116 Å². The largest absolute Gasteiger partial charge is 0.480 e. The highest BCUT2D eigenvalue weighted by atomic mass is 32.2. The van der Waals surface area contributed by atoms with E-state index in [1.54, 1.807) is 24.3 Å². The number of carbonyl (C=O) groups excluding carboxylic acids is 1. The van der Waals surface area contributed by atoms with Gasteiger partial charge in [-0.3, -0.25) is 9.59 Å². The summed E-state index contributed by atoms with van der Waals surface area (Å²) in [5.41, 5.74) is 6.49. The first-order chi connectivity index (χ1) is 9.52. The van der Waals surface area contributed by atoms with Crippen LogP contribution in [-0.2, 0) is 9.59 Å². The van der Waals surface area contributed by atoms with E-state index in [2.05, 4.69) is 5.32 Å². The fourth-order valence-electron chi connectivity index (χ4n) is 1.30. The Kier molecular flexibility index (Phi) is 6.56. The summed E-state index contributed by atoms with van der Waals surface area (Å²) in [5, 5.41) is 19.9. The number of rotatable bonds is 7. The second-order valence-electron chi connectivity index (χ2n) is 4.01. The number of nitrogens with one attached hydrogen (secondary N) is 1. The lowest BCUT2D eigenvalue weighted by Crippen LogP contribution is -2.32. The summed E-state index contributed by atoms with van der Waals surface area (Å²) < 4.78 is 0. The van der Waals surface area contributed by atoms with Crippen molar-refractivity contribution in [3.63, 3.8) is 0 Å². The van der Waals surface area contributed by atoms with E-state index in [1.807, 2.05) is 6.07 Å². The van der Waals surface area contributed by atoms with Crippen LogP contribution < -0.4 is 11.1 Å². The quantitative estimate of drug-likeness (QED) is 0.647. The van der Waals surface area contributed by atoms with Gasteiger partial charge in [0.15, 0.2) is 0 Å². The van der Waals surface area contributed by atoms with Crippen molar-refractivity contribution in [3.05, 3.63) is 29.8 Å². The Bertz CT molecular complexity index is 511. The predicted octanol–water partition coefficient (Wildman–Crippen LogP) is 1.03. The van der Waals surface area contributed by atoms with E-state index in [0.29, 0.717) is 17.0 Å². The minimum Gasteiger partial charge on any atom is -0.480 e. The maximum atomic E-state index is 11.6. The van der Waals surface area contributed by atoms with Gasteiger partial charge in [-0.05, 0) is 24.3 Å². The zero-order valence-electron chi connectivity index (χ0n) is 10.7. The van der Waals surface area contributed by atoms with Gasteiger partial charge in [0.1, 0.15) is 6.04 Å². The zero-order chi connectivity index (χ0) is 15.0. The van der Waals surface area contributed by atoms with Gasteiger partial charge in [-0.2, -0.15) is 17.0 Å². The molecule has 7 heteroatoms. The Labute approximate surface area is 121 Å². The summed E-state index contributed by atoms with van der Waals surface area (Å²) in [4.78, 5) is 22.1. The van der Waals surface area contributed by atoms with Gasteiger partial charge in [0.2, 0.25) is 5.91 Å². The molecule has 4 N–H and O–H groups in total. The predicted molar refractivity (Wildman–Crippen MR) is 77.3 cm³/mol. The first kappa shape index (κ1) is 16.0. The molecule has 0 saturated carbocycles. The third kappa shape index (κ3) is 5.73. The number of aliphatic carboxylic acids is 1. The Morgan fingerprint density at radius 1 is 1.40 bits per heavy atom. The van der Waals surface area contributed by atoms with Crippen LogP contribution in [0, 0.1) is 11.3 Å². The molecule has 0 aromatic heterocycles. The van der Waals surface area contributed by atoms with Gasteiger partial charge in [-0.25, -0.2) is 0 Å². The lowest BCUT2D eigenvalue weighted by molar-refractivity contribution is -0.137. The number of nitriles is 1. The van der Waals surface area contributed by atoms with Crippen LogP contribution in [0.4, 0.5) is 5.69 Å². The van der Waals surface area contributed by atoms with E-state index < -0.39 is 12.0 Å². The van der Waals surface area contributed by atoms with Crippen LogP contribution in [0.25, 0.3) is 0 Å². The maximum Gasteiger partial charge on any atom is 0.321 e. The first-order valence-electron chi connectivity index (χ1n) is 5.89. The van der Waals surface area contributed by atoms with E-state index in [0.717, 1.165) is 0 Å². The third-order valence-electron chi connectivity index (χ3n) is 2.39. The fraction of sp³-hybridized carbons (Fsp3) is 0.308. The highest BCUT2D eigenvalue weighted by Gasteiger charge is 2.11. The molecule has 20 heavy (non-hydrogen) atoms. The number of thioether (sulfide) groups is 1. The number of hydrogen-bond donors (Lipinski definition) is 3. The Morgan fingerprint density at radius 2 is 2.05 bits per heavy atom. The molecule has 0 aliphatic heterocycles. The second-order valence-corrected chi connectivity index (χ2v) is 5.16. The van der Waals surface area contributed by atoms with E-state index >= 15 is 0 Å². The van der Waals surface area contributed by atoms with Crippen molar-refractivity contribution in [1.82, 2.24) is 0 Å². The van der Waals surface area contributed by atoms with E-state index in [1.165, 1.54) is 11.8 Å². The SMILES string of the molecule is N#Cc1ccc(NC(=O)CCSCC(N)C(=O)O)cc1. The van der Waals surface area contributed by atoms with Gasteiger partial charge in [0.05, 0.1) is 11.6 Å². The van der Waals surface area contributed by atoms with Crippen LogP contribution in [0.5, 0.6) is 0 Å². The summed E-state index contributed by atoms with van der Waals surface area (Å²) >= 11 is 1.32. The molecule has 1 amide bonds. The van der Waals surface area contributed by atoms with Crippen molar-refractivity contribution in [2.24, 2.45) is 5.73 Å². The molecule has 0 heterocycles. The highest BCUT2D eigenvalue weighted by molar-refractivity contribution is 7.99. The van der Waals surface area contributed by atoms with E-state index in [-0.39, 0.29) is 18.1 Å². The molecule has 106 valence electrons. The minimum absolute atomic E-state index is 0.161. The molecule has 1 aromatic carbocycles. The monoisotopic (exact) mass is 293 g/mol. The van der Waals surface area contributed by atoms with Crippen molar-refractivity contribution in [2.45, 2.75) is 12.5 Å². The Hall–Kier alpha value is -2.04. The fourth-order valence-corrected chi connectivity index (χ4v) is 2.19. The normalized spacial score (nSPS) is 11.4. The number of hydrogen-bond acceptors (Lipinski definition) is 5. The average Bonchev–Trinajstić information content (AvgIpc) is 2.44. The summed E-state index contributed by atoms with van der Waals surface area (Å²) in [6.45, 7) is 0. The summed E-state index contributed by atoms with van der Waals surface area (Å²) in [6, 6.07) is 7.65. The van der Waals surface area contributed by atoms with Crippen LogP contribution >= 0.6 is 11.8 Å². The molecule has 1 atom stereocenters. The molecule has 0 bridgehead atoms. The van der Waals surface area contributed by atoms with Crippen molar-refractivity contribution in [2.75, 3.05) is 16.8 Å². The number of anilines is 1. The molecule has 0 saturated heterocycles. The second kappa shape index (κ2) is 8.19. The summed E-state index contributed by atoms with van der Waals surface area (Å²) in [5.74, 6) is -0.423. The molecule has 0 spiro atoms. The smallest absolute Gasteiger partial charge is 0.321 e. The molecule has 0 fully saturated rings. The summed E-state index contributed by atoms with van der Waals surface area (Å²) in [6.07, 6.45) is 0.275. The van der Waals surface area contributed by atoms with Crippen molar-refractivity contribution in [1.29, 1.82) is 5.26 Å². The molecule has 1 rings (SSSR count). The third-order valence-corrected chi connectivity index (χ3v) is 3.47. The van der Waals surface area contributed by atoms with Crippen LogP contribution in [0.1, 0.15) is 12.0 Å². The molecule has 0 radical (unpaired) electrons. The molecule has 1 unspecified atom stereocenters. The molecule has 1 aromatic rings. The number of nitrogens with two attached hydrogens (primary N) is 1. The molecule has 0 aliphatic rings. The van der Waals surface area contributed by atoms with Crippen molar-refractivity contribution < 1.29 is 14.7 Å². The first-order valence-corrected chi connectivity index (χ1v) is 7.04. The standard InChI is InChI=1S/C13H15N3O3S/c14-7-9-1-3-10(4-2-9)16-12(17)5-6-20-8-11(15)13(18)19/h1-4,11H,5-6,8,15H2,(H,16,17)(H,18,19). The van der Waals surface area contributed by atoms with Crippen LogP contribution in [0.15, 0.2) is 24.3 Å². The number of benzene rings is 1. The van der Waals surface area contributed by atoms with E-state index in [9.17, 15) is 9.59 Å². The molecular formula is C13H15N3O3S. The van der Waals surface area contributed by atoms with Crippen molar-refractivity contribution >= 4 is 29.3 Å². The number of amides is 1. The Morgan fingerprint density at radius 3 is 2.60 bits per heavy atom. The van der Waals surface area contributed by atoms with Crippen LogP contribution in [0.3, 0.4) is 0 Å². The van der Waals surface area contributed by atoms with Crippen molar-refractivity contribution in [3.8, 4) is 6.07 Å². The lowest BCUT2D eigenvalue weighted by Gasteiger charge is -2.07. The van der Waals surface area contributed by atoms with Gasteiger partial charge < -0.3 is 16.2 Å². The van der Waals surface area contributed by atoms with Gasteiger partial charge in [-0.15, -0.1) is 0 Å². The number of carboxylic acids is 1. The number of carboxylic acid groups (broad SMARTS) is 1. The average molecular weight is 293 g/mol. The van der Waals surface area contributed by atoms with Crippen LogP contribution in [0.2, 0.25) is 0 Å².